The summed E-state index contributed by atoms with van der Waals surface area (Å²) in [6.45, 7) is 7.12. The summed E-state index contributed by atoms with van der Waals surface area (Å²) in [5, 5.41) is 0. The van der Waals surface area contributed by atoms with Crippen molar-refractivity contribution in [2.45, 2.75) is 52.4 Å². The average molecular weight is 277 g/mol. The molecule has 0 bridgehead atoms. The van der Waals surface area contributed by atoms with Crippen molar-refractivity contribution in [3.8, 4) is 0 Å². The second-order valence-corrected chi connectivity index (χ2v) is 5.69. The van der Waals surface area contributed by atoms with E-state index < -0.39 is 0 Å². The molecule has 0 saturated carbocycles. The number of hydrogen-bond donors (Lipinski definition) is 1. The molecule has 2 N–H and O–H groups in total. The summed E-state index contributed by atoms with van der Waals surface area (Å²) in [6, 6.07) is 0. The summed E-state index contributed by atoms with van der Waals surface area (Å²) < 4.78 is 0. The fourth-order valence-corrected chi connectivity index (χ4v) is 2.45. The Labute approximate surface area is 118 Å². The van der Waals surface area contributed by atoms with E-state index in [2.05, 4.69) is 13.8 Å². The highest BCUT2D eigenvalue weighted by molar-refractivity contribution is 5.85. The van der Waals surface area contributed by atoms with Crippen molar-refractivity contribution in [1.29, 1.82) is 0 Å². The van der Waals surface area contributed by atoms with Gasteiger partial charge >= 0.3 is 0 Å². The summed E-state index contributed by atoms with van der Waals surface area (Å²) in [5.41, 5.74) is 5.43. The van der Waals surface area contributed by atoms with Crippen LogP contribution in [0.5, 0.6) is 0 Å². The Morgan fingerprint density at radius 1 is 1.33 bits per heavy atom. The van der Waals surface area contributed by atoms with Crippen LogP contribution < -0.4 is 5.73 Å². The summed E-state index contributed by atoms with van der Waals surface area (Å²) in [4.78, 5) is 13.8. The molecule has 1 heterocycles. The first kappa shape index (κ1) is 17.7. The Kier molecular flexibility index (Phi) is 9.47. The van der Waals surface area contributed by atoms with E-state index in [1.165, 1.54) is 25.7 Å². The van der Waals surface area contributed by atoms with Gasteiger partial charge in [0.2, 0.25) is 5.91 Å². The fourth-order valence-electron chi connectivity index (χ4n) is 2.45. The first-order valence-corrected chi connectivity index (χ1v) is 7.11. The molecule has 0 aromatic heterocycles. The third kappa shape index (κ3) is 6.60. The molecule has 1 aliphatic heterocycles. The zero-order chi connectivity index (χ0) is 12.7. The molecule has 0 aromatic rings. The number of nitrogens with zero attached hydrogens (tertiary/aromatic N) is 1. The van der Waals surface area contributed by atoms with Crippen LogP contribution in [0.4, 0.5) is 0 Å². The van der Waals surface area contributed by atoms with E-state index >= 15 is 0 Å². The lowest BCUT2D eigenvalue weighted by Gasteiger charge is -2.32. The van der Waals surface area contributed by atoms with Gasteiger partial charge < -0.3 is 10.6 Å². The summed E-state index contributed by atoms with van der Waals surface area (Å²) in [5.74, 6) is 1.95. The monoisotopic (exact) mass is 276 g/mol. The van der Waals surface area contributed by atoms with Gasteiger partial charge in [-0.05, 0) is 37.6 Å². The maximum atomic E-state index is 11.8. The van der Waals surface area contributed by atoms with Crippen LogP contribution in [0.2, 0.25) is 0 Å². The largest absolute Gasteiger partial charge is 0.343 e. The van der Waals surface area contributed by atoms with Crippen LogP contribution in [0.1, 0.15) is 52.4 Å². The molecule has 0 aliphatic carbocycles. The maximum absolute atomic E-state index is 11.8. The molecule has 108 valence electrons. The van der Waals surface area contributed by atoms with Gasteiger partial charge in [-0.3, -0.25) is 4.79 Å². The number of piperidine rings is 1. The number of carbonyl (C=O) groups is 1. The number of hydrogen-bond acceptors (Lipinski definition) is 2. The minimum absolute atomic E-state index is 0. The smallest absolute Gasteiger partial charge is 0.222 e. The molecule has 0 radical (unpaired) electrons. The number of amides is 1. The van der Waals surface area contributed by atoms with Crippen molar-refractivity contribution >= 4 is 18.3 Å². The molecule has 4 heteroatoms. The van der Waals surface area contributed by atoms with E-state index in [0.717, 1.165) is 31.3 Å². The first-order chi connectivity index (χ1) is 8.13. The van der Waals surface area contributed by atoms with Crippen LogP contribution in [-0.4, -0.2) is 30.4 Å². The molecule has 18 heavy (non-hydrogen) atoms. The van der Waals surface area contributed by atoms with E-state index in [0.29, 0.717) is 18.9 Å². The molecule has 1 saturated heterocycles. The molecule has 1 aliphatic rings. The summed E-state index contributed by atoms with van der Waals surface area (Å²) in [7, 11) is 0. The molecule has 1 rings (SSSR count). The quantitative estimate of drug-likeness (QED) is 0.811. The van der Waals surface area contributed by atoms with Crippen molar-refractivity contribution in [2.75, 3.05) is 19.6 Å². The van der Waals surface area contributed by atoms with Gasteiger partial charge in [0.25, 0.3) is 0 Å². The van der Waals surface area contributed by atoms with Gasteiger partial charge in [0.05, 0.1) is 0 Å². The third-order valence-electron chi connectivity index (χ3n) is 3.71. The number of halogens is 1. The molecule has 0 unspecified atom stereocenters. The molecule has 1 amide bonds. The van der Waals surface area contributed by atoms with Crippen LogP contribution in [0.15, 0.2) is 0 Å². The summed E-state index contributed by atoms with van der Waals surface area (Å²) >= 11 is 0. The average Bonchev–Trinajstić information content (AvgIpc) is 2.34. The molecule has 0 aromatic carbocycles. The Morgan fingerprint density at radius 2 is 1.94 bits per heavy atom. The van der Waals surface area contributed by atoms with E-state index in [4.69, 9.17) is 5.73 Å². The second kappa shape index (κ2) is 9.62. The van der Waals surface area contributed by atoms with Gasteiger partial charge in [-0.1, -0.05) is 26.7 Å². The minimum atomic E-state index is 0. The Hall–Kier alpha value is -0.280. The number of nitrogens with two attached hydrogens (primary N) is 1. The van der Waals surface area contributed by atoms with Crippen molar-refractivity contribution in [3.63, 3.8) is 0 Å². The third-order valence-corrected chi connectivity index (χ3v) is 3.71. The van der Waals surface area contributed by atoms with Gasteiger partial charge in [0.1, 0.15) is 0 Å². The molecule has 0 spiro atoms. The molecule has 1 fully saturated rings. The number of likely N-dealkylation sites (tertiary alicyclic amines) is 1. The van der Waals surface area contributed by atoms with Crippen LogP contribution in [0.3, 0.4) is 0 Å². The molecular weight excluding hydrogens is 248 g/mol. The number of rotatable bonds is 6. The normalized spacial score (nSPS) is 16.8. The fraction of sp³-hybridized carbons (Fsp3) is 0.929. The SMILES string of the molecule is CC(C)CCC1CCN(C(=O)CCCN)CC1.Cl. The first-order valence-electron chi connectivity index (χ1n) is 7.11. The maximum Gasteiger partial charge on any atom is 0.222 e. The highest BCUT2D eigenvalue weighted by atomic mass is 35.5. The van der Waals surface area contributed by atoms with Crippen molar-refractivity contribution < 1.29 is 4.79 Å². The van der Waals surface area contributed by atoms with Crippen LogP contribution in [0, 0.1) is 11.8 Å². The Morgan fingerprint density at radius 3 is 2.44 bits per heavy atom. The van der Waals surface area contributed by atoms with Crippen molar-refractivity contribution in [3.05, 3.63) is 0 Å². The predicted molar refractivity (Wildman–Crippen MR) is 78.9 cm³/mol. The van der Waals surface area contributed by atoms with Gasteiger partial charge in [-0.25, -0.2) is 0 Å². The highest BCUT2D eigenvalue weighted by Gasteiger charge is 2.22. The van der Waals surface area contributed by atoms with Gasteiger partial charge in [-0.2, -0.15) is 0 Å². The Bertz CT molecular complexity index is 226. The zero-order valence-corrected chi connectivity index (χ0v) is 12.7. The summed E-state index contributed by atoms with van der Waals surface area (Å²) in [6.07, 6.45) is 6.51. The van der Waals surface area contributed by atoms with Gasteiger partial charge in [0, 0.05) is 19.5 Å². The lowest BCUT2D eigenvalue weighted by atomic mass is 9.89. The lowest BCUT2D eigenvalue weighted by molar-refractivity contribution is -0.132. The van der Waals surface area contributed by atoms with Crippen LogP contribution >= 0.6 is 12.4 Å². The van der Waals surface area contributed by atoms with E-state index in [1.807, 2.05) is 4.90 Å². The topological polar surface area (TPSA) is 46.3 Å². The predicted octanol–water partition coefficient (Wildman–Crippen LogP) is 2.82. The highest BCUT2D eigenvalue weighted by Crippen LogP contribution is 2.24. The van der Waals surface area contributed by atoms with Gasteiger partial charge in [-0.15, -0.1) is 12.4 Å². The molecule has 0 atom stereocenters. The van der Waals surface area contributed by atoms with Crippen LogP contribution in [-0.2, 0) is 4.79 Å². The van der Waals surface area contributed by atoms with E-state index in [-0.39, 0.29) is 12.4 Å². The standard InChI is InChI=1S/C14H28N2O.ClH/c1-12(2)5-6-13-7-10-16(11-8-13)14(17)4-3-9-15;/h12-13H,3-11,15H2,1-2H3;1H. The zero-order valence-electron chi connectivity index (χ0n) is 11.9. The number of carbonyl (C=O) groups excluding carboxylic acids is 1. The van der Waals surface area contributed by atoms with E-state index in [1.54, 1.807) is 0 Å². The van der Waals surface area contributed by atoms with Crippen molar-refractivity contribution in [1.82, 2.24) is 4.90 Å². The van der Waals surface area contributed by atoms with Gasteiger partial charge in [0.15, 0.2) is 0 Å². The molecule has 3 nitrogen and oxygen atoms in total. The molecular formula is C14H29ClN2O. The second-order valence-electron chi connectivity index (χ2n) is 5.69. The lowest BCUT2D eigenvalue weighted by Crippen LogP contribution is -2.38. The minimum Gasteiger partial charge on any atom is -0.343 e. The van der Waals surface area contributed by atoms with E-state index in [9.17, 15) is 4.79 Å². The van der Waals surface area contributed by atoms with Crippen molar-refractivity contribution in [2.24, 2.45) is 17.6 Å². The Balaban J connectivity index is 0.00000289. The van der Waals surface area contributed by atoms with Crippen LogP contribution in [0.25, 0.3) is 0 Å².